The van der Waals surface area contributed by atoms with Gasteiger partial charge in [0.2, 0.25) is 0 Å². The lowest BCUT2D eigenvalue weighted by molar-refractivity contribution is 0.362. The molecule has 1 aromatic carbocycles. The van der Waals surface area contributed by atoms with Crippen LogP contribution in [0, 0.1) is 0 Å². The van der Waals surface area contributed by atoms with Gasteiger partial charge in [0, 0.05) is 12.1 Å². The van der Waals surface area contributed by atoms with Crippen LogP contribution in [0.2, 0.25) is 10.0 Å². The topological polar surface area (TPSA) is 29.5 Å². The van der Waals surface area contributed by atoms with Crippen molar-refractivity contribution in [2.24, 2.45) is 0 Å². The average Bonchev–Trinajstić information content (AvgIpc) is 2.08. The van der Waals surface area contributed by atoms with Crippen LogP contribution in [0.3, 0.4) is 0 Å². The van der Waals surface area contributed by atoms with Crippen LogP contribution < -0.4 is 4.74 Å². The number of hydrogen-bond acceptors (Lipinski definition) is 2. The molecule has 0 radical (unpaired) electrons. The highest BCUT2D eigenvalue weighted by Crippen LogP contribution is 2.36. The number of halogens is 4. The van der Waals surface area contributed by atoms with Gasteiger partial charge in [0.05, 0.1) is 10.0 Å². The third-order valence-corrected chi connectivity index (χ3v) is 2.32. The number of rotatable bonds is 3. The van der Waals surface area contributed by atoms with E-state index in [2.05, 4.69) is 0 Å². The minimum atomic E-state index is -0.0248. The zero-order valence-corrected chi connectivity index (χ0v) is 10.3. The molecular weight excluding hydrogens is 282 g/mol. The fourth-order valence-corrected chi connectivity index (χ4v) is 1.58. The van der Waals surface area contributed by atoms with E-state index in [4.69, 9.17) is 56.2 Å². The number of ether oxygens (including phenoxy) is 1. The Morgan fingerprint density at radius 2 is 1.80 bits per heavy atom. The Morgan fingerprint density at radius 3 is 2.27 bits per heavy atom. The second-order valence-corrected chi connectivity index (χ2v) is 4.37. The summed E-state index contributed by atoms with van der Waals surface area (Å²) < 4.78 is 5.31. The van der Waals surface area contributed by atoms with E-state index in [1.807, 2.05) is 0 Å². The van der Waals surface area contributed by atoms with Crippen LogP contribution in [-0.2, 0) is 0 Å². The van der Waals surface area contributed by atoms with Crippen LogP contribution in [0.5, 0.6) is 11.5 Å². The molecule has 0 unspecified atom stereocenters. The Morgan fingerprint density at radius 1 is 1.27 bits per heavy atom. The van der Waals surface area contributed by atoms with Gasteiger partial charge in [-0.3, -0.25) is 0 Å². The first kappa shape index (κ1) is 12.8. The predicted octanol–water partition coefficient (Wildman–Crippen LogP) is 4.40. The first-order chi connectivity index (χ1) is 7.00. The second-order valence-electron chi connectivity index (χ2n) is 2.54. The Kier molecular flexibility index (Phi) is 4.87. The van der Waals surface area contributed by atoms with Crippen molar-refractivity contribution in [2.75, 3.05) is 6.61 Å². The summed E-state index contributed by atoms with van der Waals surface area (Å²) in [6.45, 7) is 0.145. The lowest BCUT2D eigenvalue weighted by Gasteiger charge is -2.08. The maximum Gasteiger partial charge on any atom is 0.157 e. The molecule has 0 aliphatic rings. The van der Waals surface area contributed by atoms with Crippen molar-refractivity contribution >= 4 is 46.4 Å². The Balaban J connectivity index is 2.81. The Labute approximate surface area is 107 Å². The second kappa shape index (κ2) is 5.71. The van der Waals surface area contributed by atoms with E-state index < -0.39 is 0 Å². The number of aromatic hydroxyl groups is 1. The van der Waals surface area contributed by atoms with Crippen LogP contribution in [0.25, 0.3) is 0 Å². The molecule has 0 fully saturated rings. The van der Waals surface area contributed by atoms with Gasteiger partial charge >= 0.3 is 0 Å². The number of phenolic OH excluding ortho intramolecular Hbond substituents is 1. The molecule has 1 rings (SSSR count). The molecule has 15 heavy (non-hydrogen) atoms. The summed E-state index contributed by atoms with van der Waals surface area (Å²) in [4.78, 5) is 0. The standard InChI is InChI=1S/C9H6Cl4O2/c10-6-3-5(14)4-7(11)9(6)15-2-1-8(12)13/h1,3-4,14H,2H2. The summed E-state index contributed by atoms with van der Waals surface area (Å²) in [7, 11) is 0. The minimum absolute atomic E-state index is 0.0248. The molecule has 1 N–H and O–H groups in total. The van der Waals surface area contributed by atoms with Gasteiger partial charge in [-0.1, -0.05) is 46.4 Å². The van der Waals surface area contributed by atoms with Gasteiger partial charge in [-0.25, -0.2) is 0 Å². The summed E-state index contributed by atoms with van der Waals surface area (Å²) in [5.74, 6) is 0.255. The van der Waals surface area contributed by atoms with Gasteiger partial charge in [0.1, 0.15) is 16.8 Å². The summed E-state index contributed by atoms with van der Waals surface area (Å²) in [5.41, 5.74) is 0. The van der Waals surface area contributed by atoms with Gasteiger partial charge in [0.25, 0.3) is 0 Å². The molecular formula is C9H6Cl4O2. The van der Waals surface area contributed by atoms with E-state index in [0.717, 1.165) is 0 Å². The molecule has 0 amide bonds. The molecule has 0 heterocycles. The van der Waals surface area contributed by atoms with Crippen molar-refractivity contribution in [3.05, 3.63) is 32.7 Å². The molecule has 6 heteroatoms. The van der Waals surface area contributed by atoms with Crippen LogP contribution >= 0.6 is 46.4 Å². The molecule has 82 valence electrons. The normalized spacial score (nSPS) is 9.87. The number of benzene rings is 1. The fraction of sp³-hybridized carbons (Fsp3) is 0.111. The maximum absolute atomic E-state index is 9.15. The van der Waals surface area contributed by atoms with Gasteiger partial charge in [-0.2, -0.15) is 0 Å². The van der Waals surface area contributed by atoms with Gasteiger partial charge in [0.15, 0.2) is 5.75 Å². The third kappa shape index (κ3) is 3.99. The Hall–Kier alpha value is -0.280. The van der Waals surface area contributed by atoms with Gasteiger partial charge in [-0.15, -0.1) is 0 Å². The quantitative estimate of drug-likeness (QED) is 0.893. The smallest absolute Gasteiger partial charge is 0.157 e. The number of phenols is 1. The lowest BCUT2D eigenvalue weighted by Crippen LogP contribution is -1.95. The molecule has 1 aromatic rings. The summed E-state index contributed by atoms with van der Waals surface area (Å²) in [5, 5.41) is 9.60. The molecule has 0 aromatic heterocycles. The van der Waals surface area contributed by atoms with E-state index in [1.54, 1.807) is 0 Å². The van der Waals surface area contributed by atoms with Crippen molar-refractivity contribution < 1.29 is 9.84 Å². The molecule has 0 aliphatic heterocycles. The monoisotopic (exact) mass is 286 g/mol. The summed E-state index contributed by atoms with van der Waals surface area (Å²) in [6, 6.07) is 2.66. The molecule has 0 spiro atoms. The van der Waals surface area contributed by atoms with E-state index in [9.17, 15) is 0 Å². The van der Waals surface area contributed by atoms with E-state index in [0.29, 0.717) is 0 Å². The average molecular weight is 288 g/mol. The van der Waals surface area contributed by atoms with E-state index in [1.165, 1.54) is 18.2 Å². The van der Waals surface area contributed by atoms with Crippen molar-refractivity contribution in [1.82, 2.24) is 0 Å². The highest BCUT2D eigenvalue weighted by molar-refractivity contribution is 6.55. The maximum atomic E-state index is 9.15. The van der Waals surface area contributed by atoms with Crippen LogP contribution in [0.4, 0.5) is 0 Å². The Bertz CT molecular complexity index is 363. The fourth-order valence-electron chi connectivity index (χ4n) is 0.872. The molecule has 2 nitrogen and oxygen atoms in total. The first-order valence-corrected chi connectivity index (χ1v) is 5.34. The van der Waals surface area contributed by atoms with Crippen molar-refractivity contribution in [3.63, 3.8) is 0 Å². The molecule has 0 aliphatic carbocycles. The highest BCUT2D eigenvalue weighted by atomic mass is 35.5. The van der Waals surface area contributed by atoms with E-state index >= 15 is 0 Å². The van der Waals surface area contributed by atoms with E-state index in [-0.39, 0.29) is 32.6 Å². The highest BCUT2D eigenvalue weighted by Gasteiger charge is 2.08. The van der Waals surface area contributed by atoms with Crippen LogP contribution in [0.1, 0.15) is 0 Å². The van der Waals surface area contributed by atoms with Crippen molar-refractivity contribution in [2.45, 2.75) is 0 Å². The van der Waals surface area contributed by atoms with Gasteiger partial charge < -0.3 is 9.84 Å². The zero-order chi connectivity index (χ0) is 11.4. The molecule has 0 atom stereocenters. The SMILES string of the molecule is Oc1cc(Cl)c(OCC=C(Cl)Cl)c(Cl)c1. The molecule has 0 saturated heterocycles. The van der Waals surface area contributed by atoms with Crippen LogP contribution in [-0.4, -0.2) is 11.7 Å². The summed E-state index contributed by atoms with van der Waals surface area (Å²) in [6.07, 6.45) is 1.45. The zero-order valence-electron chi connectivity index (χ0n) is 7.31. The molecule has 0 bridgehead atoms. The third-order valence-electron chi connectivity index (χ3n) is 1.45. The van der Waals surface area contributed by atoms with Crippen molar-refractivity contribution in [3.8, 4) is 11.5 Å². The summed E-state index contributed by atoms with van der Waals surface area (Å²) >= 11 is 22.4. The predicted molar refractivity (Wildman–Crippen MR) is 63.4 cm³/mol. The van der Waals surface area contributed by atoms with Crippen molar-refractivity contribution in [1.29, 1.82) is 0 Å². The first-order valence-electron chi connectivity index (χ1n) is 3.82. The van der Waals surface area contributed by atoms with Gasteiger partial charge in [-0.05, 0) is 6.08 Å². The van der Waals surface area contributed by atoms with Crippen LogP contribution in [0.15, 0.2) is 22.7 Å². The largest absolute Gasteiger partial charge is 0.508 e. The minimum Gasteiger partial charge on any atom is -0.508 e. The number of hydrogen-bond donors (Lipinski definition) is 1. The molecule has 0 saturated carbocycles. The lowest BCUT2D eigenvalue weighted by atomic mass is 10.3.